The van der Waals surface area contributed by atoms with Gasteiger partial charge in [-0.3, -0.25) is 14.2 Å². The highest BCUT2D eigenvalue weighted by molar-refractivity contribution is 7.99. The van der Waals surface area contributed by atoms with Crippen LogP contribution in [0.2, 0.25) is 0 Å². The van der Waals surface area contributed by atoms with Crippen LogP contribution >= 0.6 is 23.1 Å². The van der Waals surface area contributed by atoms with Crippen molar-refractivity contribution in [1.29, 1.82) is 0 Å². The highest BCUT2D eigenvalue weighted by Gasteiger charge is 2.14. The summed E-state index contributed by atoms with van der Waals surface area (Å²) in [5.74, 6) is -1.27. The first kappa shape index (κ1) is 17.1. The number of aromatic nitrogens is 3. The van der Waals surface area contributed by atoms with Gasteiger partial charge in [0.25, 0.3) is 5.56 Å². The lowest BCUT2D eigenvalue weighted by atomic mass is 10.3. The van der Waals surface area contributed by atoms with Crippen LogP contribution < -0.4 is 10.9 Å². The second-order valence-electron chi connectivity index (χ2n) is 4.72. The third-order valence-electron chi connectivity index (χ3n) is 2.97. The summed E-state index contributed by atoms with van der Waals surface area (Å²) >= 11 is 2.25. The van der Waals surface area contributed by atoms with Crippen LogP contribution in [0.4, 0.5) is 9.52 Å². The molecule has 0 unspecified atom stereocenters. The van der Waals surface area contributed by atoms with Crippen molar-refractivity contribution in [2.75, 3.05) is 11.1 Å². The molecule has 1 amide bonds. The molecule has 10 heteroatoms. The number of halogens is 1. The Hall–Kier alpha value is -2.72. The quantitative estimate of drug-likeness (QED) is 0.522. The Balaban J connectivity index is 1.84. The molecule has 0 fully saturated rings. The summed E-state index contributed by atoms with van der Waals surface area (Å²) in [7, 11) is 0. The lowest BCUT2D eigenvalue weighted by molar-refractivity contribution is -0.113. The number of hydrogen-bond donors (Lipinski definition) is 2. The van der Waals surface area contributed by atoms with Crippen LogP contribution in [0.5, 0.6) is 5.88 Å². The minimum atomic E-state index is -0.540. The molecule has 3 rings (SSSR count). The smallest absolute Gasteiger partial charge is 0.262 e. The van der Waals surface area contributed by atoms with Gasteiger partial charge in [-0.15, -0.1) is 11.3 Å². The average Bonchev–Trinajstić information content (AvgIpc) is 3.07. The molecule has 0 bridgehead atoms. The van der Waals surface area contributed by atoms with Crippen LogP contribution in [0.1, 0.15) is 0 Å². The summed E-state index contributed by atoms with van der Waals surface area (Å²) in [5, 5.41) is 14.5. The fourth-order valence-electron chi connectivity index (χ4n) is 1.94. The van der Waals surface area contributed by atoms with Crippen molar-refractivity contribution in [2.45, 2.75) is 5.16 Å². The first-order valence-corrected chi connectivity index (χ1v) is 8.80. The number of aromatic hydroxyl groups is 1. The molecule has 3 aromatic rings. The largest absolute Gasteiger partial charge is 0.493 e. The second kappa shape index (κ2) is 7.45. The molecule has 0 aliphatic carbocycles. The Morgan fingerprint density at radius 3 is 2.80 bits per heavy atom. The van der Waals surface area contributed by atoms with Crippen LogP contribution in [0, 0.1) is 5.82 Å². The standard InChI is InChI=1S/C15H11FN4O3S2/c16-9-1-3-10(4-2-9)20-13(23)7-11(21)19-15(20)25-8-12(22)18-14-17-5-6-24-14/h1-7,21H,8H2,(H,17,18,22). The summed E-state index contributed by atoms with van der Waals surface area (Å²) < 4.78 is 14.3. The maximum Gasteiger partial charge on any atom is 0.262 e. The highest BCUT2D eigenvalue weighted by Crippen LogP contribution is 2.21. The van der Waals surface area contributed by atoms with Gasteiger partial charge in [0.15, 0.2) is 10.3 Å². The monoisotopic (exact) mass is 378 g/mol. The predicted molar refractivity (Wildman–Crippen MR) is 92.9 cm³/mol. The minimum absolute atomic E-state index is 0.0450. The molecule has 25 heavy (non-hydrogen) atoms. The predicted octanol–water partition coefficient (Wildman–Crippen LogP) is 2.26. The fourth-order valence-corrected chi connectivity index (χ4v) is 3.30. The summed E-state index contributed by atoms with van der Waals surface area (Å²) in [5.41, 5.74) is -0.163. The van der Waals surface area contributed by atoms with E-state index in [-0.39, 0.29) is 16.8 Å². The number of thioether (sulfide) groups is 1. The molecular formula is C15H11FN4O3S2. The molecule has 0 aliphatic rings. The molecule has 0 aliphatic heterocycles. The van der Waals surface area contributed by atoms with E-state index in [0.717, 1.165) is 17.8 Å². The van der Waals surface area contributed by atoms with Gasteiger partial charge in [0.2, 0.25) is 11.8 Å². The topological polar surface area (TPSA) is 97.1 Å². The van der Waals surface area contributed by atoms with Crippen molar-refractivity contribution >= 4 is 34.1 Å². The summed E-state index contributed by atoms with van der Waals surface area (Å²) in [6, 6.07) is 6.18. The summed E-state index contributed by atoms with van der Waals surface area (Å²) in [6.45, 7) is 0. The molecule has 0 radical (unpaired) electrons. The van der Waals surface area contributed by atoms with Crippen LogP contribution in [0.25, 0.3) is 5.69 Å². The number of carbonyl (C=O) groups is 1. The number of nitrogens with one attached hydrogen (secondary N) is 1. The minimum Gasteiger partial charge on any atom is -0.493 e. The van der Waals surface area contributed by atoms with Crippen LogP contribution in [0.3, 0.4) is 0 Å². The van der Waals surface area contributed by atoms with E-state index in [4.69, 9.17) is 0 Å². The van der Waals surface area contributed by atoms with Gasteiger partial charge in [-0.05, 0) is 24.3 Å². The van der Waals surface area contributed by atoms with Crippen molar-refractivity contribution in [2.24, 2.45) is 0 Å². The molecule has 2 aromatic heterocycles. The van der Waals surface area contributed by atoms with Gasteiger partial charge in [-0.1, -0.05) is 11.8 Å². The maximum atomic E-state index is 13.1. The van der Waals surface area contributed by atoms with Gasteiger partial charge in [0.05, 0.1) is 17.5 Å². The Bertz CT molecular complexity index is 942. The fraction of sp³-hybridized carbons (Fsp3) is 0.0667. The zero-order valence-electron chi connectivity index (χ0n) is 12.5. The third kappa shape index (κ3) is 4.22. The molecule has 0 saturated heterocycles. The first-order chi connectivity index (χ1) is 12.0. The molecule has 2 heterocycles. The summed E-state index contributed by atoms with van der Waals surface area (Å²) in [6.07, 6.45) is 1.57. The van der Waals surface area contributed by atoms with E-state index in [9.17, 15) is 19.1 Å². The lowest BCUT2D eigenvalue weighted by Crippen LogP contribution is -2.21. The van der Waals surface area contributed by atoms with E-state index in [2.05, 4.69) is 15.3 Å². The van der Waals surface area contributed by atoms with Crippen molar-refractivity contribution in [1.82, 2.24) is 14.5 Å². The lowest BCUT2D eigenvalue weighted by Gasteiger charge is -2.11. The van der Waals surface area contributed by atoms with E-state index >= 15 is 0 Å². The molecule has 7 nitrogen and oxygen atoms in total. The molecule has 2 N–H and O–H groups in total. The number of anilines is 1. The Kier molecular flexibility index (Phi) is 5.10. The van der Waals surface area contributed by atoms with Crippen LogP contribution in [-0.4, -0.2) is 31.3 Å². The zero-order valence-corrected chi connectivity index (χ0v) is 14.2. The van der Waals surface area contributed by atoms with E-state index in [0.29, 0.717) is 10.8 Å². The normalized spacial score (nSPS) is 10.6. The number of thiazole rings is 1. The SMILES string of the molecule is O=C(CSc1nc(O)cc(=O)n1-c1ccc(F)cc1)Nc1nccs1. The van der Waals surface area contributed by atoms with Crippen LogP contribution in [-0.2, 0) is 4.79 Å². The van der Waals surface area contributed by atoms with Crippen molar-refractivity contribution in [3.8, 4) is 11.6 Å². The van der Waals surface area contributed by atoms with Gasteiger partial charge >= 0.3 is 0 Å². The van der Waals surface area contributed by atoms with E-state index in [1.165, 1.54) is 40.2 Å². The van der Waals surface area contributed by atoms with Crippen LogP contribution in [0.15, 0.2) is 51.9 Å². The molecule has 0 spiro atoms. The third-order valence-corrected chi connectivity index (χ3v) is 4.60. The Labute approximate surface area is 149 Å². The van der Waals surface area contributed by atoms with E-state index < -0.39 is 17.3 Å². The van der Waals surface area contributed by atoms with Crippen molar-refractivity contribution in [3.63, 3.8) is 0 Å². The maximum absolute atomic E-state index is 13.1. The molecule has 128 valence electrons. The number of amides is 1. The molecule has 0 saturated carbocycles. The van der Waals surface area contributed by atoms with Gasteiger partial charge < -0.3 is 10.4 Å². The first-order valence-electron chi connectivity index (χ1n) is 6.94. The van der Waals surface area contributed by atoms with Gasteiger partial charge in [-0.2, -0.15) is 4.98 Å². The zero-order chi connectivity index (χ0) is 17.8. The molecular weight excluding hydrogens is 367 g/mol. The number of rotatable bonds is 5. The molecule has 0 atom stereocenters. The van der Waals surface area contributed by atoms with Gasteiger partial charge in [0.1, 0.15) is 5.82 Å². The summed E-state index contributed by atoms with van der Waals surface area (Å²) in [4.78, 5) is 32.0. The average molecular weight is 378 g/mol. The highest BCUT2D eigenvalue weighted by atomic mass is 32.2. The number of benzene rings is 1. The Morgan fingerprint density at radius 1 is 1.36 bits per heavy atom. The van der Waals surface area contributed by atoms with Crippen molar-refractivity contribution in [3.05, 3.63) is 58.1 Å². The number of carbonyl (C=O) groups excluding carboxylic acids is 1. The van der Waals surface area contributed by atoms with Gasteiger partial charge in [-0.25, -0.2) is 9.37 Å². The van der Waals surface area contributed by atoms with Crippen molar-refractivity contribution < 1.29 is 14.3 Å². The van der Waals surface area contributed by atoms with E-state index in [1.807, 2.05) is 0 Å². The van der Waals surface area contributed by atoms with E-state index in [1.54, 1.807) is 11.6 Å². The second-order valence-corrected chi connectivity index (χ2v) is 6.56. The van der Waals surface area contributed by atoms with Gasteiger partial charge in [0, 0.05) is 11.6 Å². The molecule has 1 aromatic carbocycles. The Morgan fingerprint density at radius 2 is 2.12 bits per heavy atom. The number of hydrogen-bond acceptors (Lipinski definition) is 7. The number of nitrogens with zero attached hydrogens (tertiary/aromatic N) is 3.